The minimum Gasteiger partial charge on any atom is -0.349 e. The molecule has 1 aliphatic heterocycles. The molecule has 1 aromatic rings. The van der Waals surface area contributed by atoms with Gasteiger partial charge >= 0.3 is 0 Å². The fourth-order valence-corrected chi connectivity index (χ4v) is 2.29. The summed E-state index contributed by atoms with van der Waals surface area (Å²) in [7, 11) is 0. The predicted molar refractivity (Wildman–Crippen MR) is 69.0 cm³/mol. The molecule has 1 aromatic carbocycles. The maximum Gasteiger partial charge on any atom is 0.254 e. The van der Waals surface area contributed by atoms with Crippen LogP contribution in [-0.4, -0.2) is 25.0 Å². The third-order valence-electron chi connectivity index (χ3n) is 3.47. The Morgan fingerprint density at radius 1 is 1.50 bits per heavy atom. The summed E-state index contributed by atoms with van der Waals surface area (Å²) >= 11 is 0. The van der Waals surface area contributed by atoms with Crippen LogP contribution in [0, 0.1) is 18.7 Å². The SMILES string of the molecule is Cc1ccc(F)c(C(=O)N[C@@H]2CCNC[C@H]2C)c1. The summed E-state index contributed by atoms with van der Waals surface area (Å²) in [6.07, 6.45) is 0.889. The average Bonchev–Trinajstić information content (AvgIpc) is 2.35. The minimum absolute atomic E-state index is 0.124. The molecule has 2 rings (SSSR count). The van der Waals surface area contributed by atoms with Crippen LogP contribution in [0.5, 0.6) is 0 Å². The number of nitrogens with one attached hydrogen (secondary N) is 2. The zero-order chi connectivity index (χ0) is 13.1. The fraction of sp³-hybridized carbons (Fsp3) is 0.500. The first-order valence-electron chi connectivity index (χ1n) is 6.35. The molecule has 0 aliphatic carbocycles. The topological polar surface area (TPSA) is 41.1 Å². The van der Waals surface area contributed by atoms with Gasteiger partial charge < -0.3 is 10.6 Å². The number of carbonyl (C=O) groups is 1. The Morgan fingerprint density at radius 3 is 3.00 bits per heavy atom. The van der Waals surface area contributed by atoms with Crippen molar-refractivity contribution in [2.24, 2.45) is 5.92 Å². The molecule has 4 heteroatoms. The van der Waals surface area contributed by atoms with E-state index < -0.39 is 5.82 Å². The molecule has 1 heterocycles. The third kappa shape index (κ3) is 2.88. The Hall–Kier alpha value is -1.42. The van der Waals surface area contributed by atoms with Crippen LogP contribution in [0.4, 0.5) is 4.39 Å². The van der Waals surface area contributed by atoms with Crippen molar-refractivity contribution in [1.29, 1.82) is 0 Å². The summed E-state index contributed by atoms with van der Waals surface area (Å²) in [4.78, 5) is 12.1. The molecule has 0 unspecified atom stereocenters. The Bertz CT molecular complexity index is 447. The van der Waals surface area contributed by atoms with Crippen molar-refractivity contribution in [3.8, 4) is 0 Å². The molecular weight excluding hydrogens is 231 g/mol. The van der Waals surface area contributed by atoms with Gasteiger partial charge in [-0.25, -0.2) is 4.39 Å². The zero-order valence-corrected chi connectivity index (χ0v) is 10.8. The second-order valence-electron chi connectivity index (χ2n) is 5.03. The molecule has 98 valence electrons. The molecule has 3 nitrogen and oxygen atoms in total. The largest absolute Gasteiger partial charge is 0.349 e. The fourth-order valence-electron chi connectivity index (χ4n) is 2.29. The molecule has 2 atom stereocenters. The van der Waals surface area contributed by atoms with Crippen LogP contribution in [0.25, 0.3) is 0 Å². The van der Waals surface area contributed by atoms with Gasteiger partial charge in [-0.3, -0.25) is 4.79 Å². The first kappa shape index (κ1) is 13.0. The van der Waals surface area contributed by atoms with E-state index in [1.807, 2.05) is 6.92 Å². The number of amides is 1. The highest BCUT2D eigenvalue weighted by molar-refractivity contribution is 5.94. The van der Waals surface area contributed by atoms with Crippen LogP contribution < -0.4 is 10.6 Å². The second kappa shape index (κ2) is 5.48. The molecule has 18 heavy (non-hydrogen) atoms. The van der Waals surface area contributed by atoms with E-state index in [1.54, 1.807) is 12.1 Å². The van der Waals surface area contributed by atoms with Gasteiger partial charge in [0.25, 0.3) is 5.91 Å². The first-order valence-corrected chi connectivity index (χ1v) is 6.35. The lowest BCUT2D eigenvalue weighted by molar-refractivity contribution is 0.0910. The Balaban J connectivity index is 2.09. The highest BCUT2D eigenvalue weighted by atomic mass is 19.1. The number of rotatable bonds is 2. The van der Waals surface area contributed by atoms with Crippen molar-refractivity contribution >= 4 is 5.91 Å². The third-order valence-corrected chi connectivity index (χ3v) is 3.47. The van der Waals surface area contributed by atoms with E-state index in [2.05, 4.69) is 17.6 Å². The molecule has 0 saturated carbocycles. The van der Waals surface area contributed by atoms with Crippen LogP contribution in [-0.2, 0) is 0 Å². The summed E-state index contributed by atoms with van der Waals surface area (Å²) in [6.45, 7) is 5.72. The van der Waals surface area contributed by atoms with Gasteiger partial charge in [-0.15, -0.1) is 0 Å². The van der Waals surface area contributed by atoms with E-state index >= 15 is 0 Å². The van der Waals surface area contributed by atoms with Crippen LogP contribution >= 0.6 is 0 Å². The molecule has 1 amide bonds. The molecule has 1 saturated heterocycles. The predicted octanol–water partition coefficient (Wildman–Crippen LogP) is 1.86. The maximum absolute atomic E-state index is 13.6. The smallest absolute Gasteiger partial charge is 0.254 e. The maximum atomic E-state index is 13.6. The van der Waals surface area contributed by atoms with Gasteiger partial charge in [0.1, 0.15) is 5.82 Å². The lowest BCUT2D eigenvalue weighted by Crippen LogP contribution is -2.48. The number of piperidine rings is 1. The van der Waals surface area contributed by atoms with Gasteiger partial charge in [0.15, 0.2) is 0 Å². The first-order chi connectivity index (χ1) is 8.58. The summed E-state index contributed by atoms with van der Waals surface area (Å²) < 4.78 is 13.6. The number of aryl methyl sites for hydroxylation is 1. The second-order valence-corrected chi connectivity index (χ2v) is 5.03. The van der Waals surface area contributed by atoms with Crippen molar-refractivity contribution in [2.45, 2.75) is 26.3 Å². The van der Waals surface area contributed by atoms with Crippen molar-refractivity contribution in [3.05, 3.63) is 35.1 Å². The number of hydrogen-bond acceptors (Lipinski definition) is 2. The summed E-state index contributed by atoms with van der Waals surface area (Å²) in [6, 6.07) is 4.73. The monoisotopic (exact) mass is 250 g/mol. The number of carbonyl (C=O) groups excluding carboxylic acids is 1. The molecule has 1 fully saturated rings. The van der Waals surface area contributed by atoms with E-state index in [1.165, 1.54) is 6.07 Å². The van der Waals surface area contributed by atoms with Crippen LogP contribution in [0.3, 0.4) is 0 Å². The van der Waals surface area contributed by atoms with Gasteiger partial charge in [0.05, 0.1) is 5.56 Å². The normalized spacial score (nSPS) is 23.7. The summed E-state index contributed by atoms with van der Waals surface area (Å²) in [5.74, 6) is -0.398. The van der Waals surface area contributed by atoms with Crippen molar-refractivity contribution in [1.82, 2.24) is 10.6 Å². The zero-order valence-electron chi connectivity index (χ0n) is 10.8. The summed E-state index contributed by atoms with van der Waals surface area (Å²) in [5.41, 5.74) is 1.03. The lowest BCUT2D eigenvalue weighted by atomic mass is 9.95. The van der Waals surface area contributed by atoms with Gasteiger partial charge in [-0.2, -0.15) is 0 Å². The highest BCUT2D eigenvalue weighted by Gasteiger charge is 2.24. The van der Waals surface area contributed by atoms with E-state index in [4.69, 9.17) is 0 Å². The molecule has 0 radical (unpaired) electrons. The number of halogens is 1. The summed E-state index contributed by atoms with van der Waals surface area (Å²) in [5, 5.41) is 6.21. The molecule has 2 N–H and O–H groups in total. The van der Waals surface area contributed by atoms with Gasteiger partial charge in [0.2, 0.25) is 0 Å². The van der Waals surface area contributed by atoms with Gasteiger partial charge in [-0.05, 0) is 44.5 Å². The highest BCUT2D eigenvalue weighted by Crippen LogP contribution is 2.14. The standard InChI is InChI=1S/C14H19FN2O/c1-9-3-4-12(15)11(7-9)14(18)17-13-5-6-16-8-10(13)2/h3-4,7,10,13,16H,5-6,8H2,1-2H3,(H,17,18)/t10-,13-/m1/s1. The molecule has 1 aliphatic rings. The van der Waals surface area contributed by atoms with Crippen molar-refractivity contribution < 1.29 is 9.18 Å². The quantitative estimate of drug-likeness (QED) is 0.841. The molecular formula is C14H19FN2O. The van der Waals surface area contributed by atoms with Gasteiger partial charge in [-0.1, -0.05) is 18.6 Å². The Kier molecular flexibility index (Phi) is 3.97. The average molecular weight is 250 g/mol. The van der Waals surface area contributed by atoms with Crippen molar-refractivity contribution in [3.63, 3.8) is 0 Å². The lowest BCUT2D eigenvalue weighted by Gasteiger charge is -2.30. The van der Waals surface area contributed by atoms with E-state index in [0.717, 1.165) is 25.1 Å². The van der Waals surface area contributed by atoms with E-state index in [9.17, 15) is 9.18 Å². The molecule has 0 aromatic heterocycles. The van der Waals surface area contributed by atoms with E-state index in [-0.39, 0.29) is 17.5 Å². The van der Waals surface area contributed by atoms with Crippen LogP contribution in [0.2, 0.25) is 0 Å². The van der Waals surface area contributed by atoms with Crippen LogP contribution in [0.15, 0.2) is 18.2 Å². The van der Waals surface area contributed by atoms with Crippen LogP contribution in [0.1, 0.15) is 29.3 Å². The number of benzene rings is 1. The van der Waals surface area contributed by atoms with Crippen molar-refractivity contribution in [2.75, 3.05) is 13.1 Å². The Morgan fingerprint density at radius 2 is 2.28 bits per heavy atom. The molecule has 0 bridgehead atoms. The Labute approximate surface area is 107 Å². The van der Waals surface area contributed by atoms with Gasteiger partial charge in [0, 0.05) is 6.04 Å². The van der Waals surface area contributed by atoms with E-state index in [0.29, 0.717) is 5.92 Å². The minimum atomic E-state index is -0.459. The number of hydrogen-bond donors (Lipinski definition) is 2. The molecule has 0 spiro atoms.